The van der Waals surface area contributed by atoms with Gasteiger partial charge in [0.2, 0.25) is 11.8 Å². The molecule has 44 heavy (non-hydrogen) atoms. The van der Waals surface area contributed by atoms with Gasteiger partial charge >= 0.3 is 12.1 Å². The Balaban J connectivity index is 1.56. The summed E-state index contributed by atoms with van der Waals surface area (Å²) in [7, 11) is 0. The lowest BCUT2D eigenvalue weighted by atomic mass is 9.97. The molecular weight excluding hydrogens is 568 g/mol. The van der Waals surface area contributed by atoms with Crippen LogP contribution in [0.2, 0.25) is 0 Å². The number of carbonyl (C=O) groups is 5. The maximum absolute atomic E-state index is 13.2. The van der Waals surface area contributed by atoms with Crippen LogP contribution >= 0.6 is 0 Å². The standard InChI is InChI=1S/C32H42N4O8/c1-4-22-7-5-6-8-27(22)43-19-28(37)34-25(17-20(2)3)30(39)35-26(31(40)41)18-21-9-11-24(12-10-21)44-32(42)36-15-13-23(14-16-36)29(33)38/h5-12,20,23,25-26H,4,13-19H2,1-3H3,(H2,33,38)(H,34,37)(H,35,39)(H,40,41)/t25-,26-/m0/s1. The number of aryl methyl sites for hydroxylation is 1. The highest BCUT2D eigenvalue weighted by Crippen LogP contribution is 2.20. The topological polar surface area (TPSA) is 177 Å². The van der Waals surface area contributed by atoms with Gasteiger partial charge in [0.25, 0.3) is 5.91 Å². The van der Waals surface area contributed by atoms with Crippen LogP contribution in [0.1, 0.15) is 51.2 Å². The molecule has 0 spiro atoms. The molecule has 0 aromatic heterocycles. The van der Waals surface area contributed by atoms with Crippen molar-refractivity contribution in [3.63, 3.8) is 0 Å². The van der Waals surface area contributed by atoms with Crippen molar-refractivity contribution in [2.75, 3.05) is 19.7 Å². The van der Waals surface area contributed by atoms with E-state index in [1.807, 2.05) is 39.0 Å². The molecule has 2 aromatic carbocycles. The molecule has 1 saturated heterocycles. The maximum Gasteiger partial charge on any atom is 0.415 e. The second kappa shape index (κ2) is 16.3. The lowest BCUT2D eigenvalue weighted by Gasteiger charge is -2.29. The van der Waals surface area contributed by atoms with Crippen molar-refractivity contribution < 1.29 is 38.6 Å². The number of nitrogens with zero attached hydrogens (tertiary/aromatic N) is 1. The third-order valence-corrected chi connectivity index (χ3v) is 7.41. The zero-order valence-corrected chi connectivity index (χ0v) is 25.4. The largest absolute Gasteiger partial charge is 0.483 e. The summed E-state index contributed by atoms with van der Waals surface area (Å²) in [6, 6.07) is 11.5. The number of piperidine rings is 1. The summed E-state index contributed by atoms with van der Waals surface area (Å²) in [6.07, 6.45) is 1.42. The third kappa shape index (κ3) is 10.3. The zero-order valence-electron chi connectivity index (χ0n) is 25.4. The molecule has 0 aliphatic carbocycles. The number of para-hydroxylation sites is 1. The highest BCUT2D eigenvalue weighted by atomic mass is 16.6. The lowest BCUT2D eigenvalue weighted by Crippen LogP contribution is -2.53. The Morgan fingerprint density at radius 2 is 1.64 bits per heavy atom. The summed E-state index contributed by atoms with van der Waals surface area (Å²) in [5.74, 6) is -2.06. The molecule has 2 aromatic rings. The first-order valence-corrected chi connectivity index (χ1v) is 14.8. The van der Waals surface area contributed by atoms with E-state index in [4.69, 9.17) is 15.2 Å². The van der Waals surface area contributed by atoms with Crippen molar-refractivity contribution in [1.29, 1.82) is 0 Å². The molecule has 12 nitrogen and oxygen atoms in total. The van der Waals surface area contributed by atoms with E-state index in [-0.39, 0.29) is 36.5 Å². The summed E-state index contributed by atoms with van der Waals surface area (Å²) in [5.41, 5.74) is 6.88. The van der Waals surface area contributed by atoms with Gasteiger partial charge in [0, 0.05) is 25.4 Å². The van der Waals surface area contributed by atoms with E-state index >= 15 is 0 Å². The van der Waals surface area contributed by atoms with Gasteiger partial charge in [-0.1, -0.05) is 51.1 Å². The Hall–Kier alpha value is -4.61. The van der Waals surface area contributed by atoms with Gasteiger partial charge in [0.15, 0.2) is 6.61 Å². The fourth-order valence-corrected chi connectivity index (χ4v) is 4.93. The Morgan fingerprint density at radius 1 is 0.977 bits per heavy atom. The Bertz CT molecular complexity index is 1310. The van der Waals surface area contributed by atoms with Crippen molar-refractivity contribution in [1.82, 2.24) is 15.5 Å². The van der Waals surface area contributed by atoms with E-state index in [2.05, 4.69) is 10.6 Å². The third-order valence-electron chi connectivity index (χ3n) is 7.41. The number of ether oxygens (including phenoxy) is 2. The molecule has 1 aliphatic heterocycles. The minimum atomic E-state index is -1.26. The number of carboxylic acid groups (broad SMARTS) is 1. The number of hydrogen-bond donors (Lipinski definition) is 4. The highest BCUT2D eigenvalue weighted by molar-refractivity contribution is 5.90. The van der Waals surface area contributed by atoms with Crippen LogP contribution in [0.25, 0.3) is 0 Å². The first kappa shape index (κ1) is 33.9. The van der Waals surface area contributed by atoms with Gasteiger partial charge in [0.1, 0.15) is 23.6 Å². The van der Waals surface area contributed by atoms with E-state index in [0.717, 1.165) is 12.0 Å². The Morgan fingerprint density at radius 3 is 2.23 bits per heavy atom. The summed E-state index contributed by atoms with van der Waals surface area (Å²) >= 11 is 0. The molecule has 1 aliphatic rings. The molecule has 4 amide bonds. The number of benzene rings is 2. The average Bonchev–Trinajstić information content (AvgIpc) is 3.00. The van der Waals surface area contributed by atoms with E-state index < -0.39 is 36.0 Å². The molecule has 12 heteroatoms. The molecule has 0 bridgehead atoms. The molecule has 5 N–H and O–H groups in total. The highest BCUT2D eigenvalue weighted by Gasteiger charge is 2.29. The normalized spacial score (nSPS) is 14.8. The summed E-state index contributed by atoms with van der Waals surface area (Å²) in [5, 5.41) is 15.1. The number of likely N-dealkylation sites (tertiary alicyclic amines) is 1. The van der Waals surface area contributed by atoms with Crippen LogP contribution in [0, 0.1) is 11.8 Å². The van der Waals surface area contributed by atoms with E-state index in [0.29, 0.717) is 43.7 Å². The molecule has 3 rings (SSSR count). The Kier molecular flexibility index (Phi) is 12.5. The second-order valence-electron chi connectivity index (χ2n) is 11.3. The minimum Gasteiger partial charge on any atom is -0.483 e. The fraction of sp³-hybridized carbons (Fsp3) is 0.469. The van der Waals surface area contributed by atoms with Gasteiger partial charge in [-0.3, -0.25) is 14.4 Å². The van der Waals surface area contributed by atoms with Gasteiger partial charge < -0.3 is 35.8 Å². The zero-order chi connectivity index (χ0) is 32.2. The second-order valence-corrected chi connectivity index (χ2v) is 11.3. The summed E-state index contributed by atoms with van der Waals surface area (Å²) < 4.78 is 11.1. The van der Waals surface area contributed by atoms with Crippen LogP contribution in [-0.2, 0) is 32.0 Å². The van der Waals surface area contributed by atoms with Crippen molar-refractivity contribution >= 4 is 29.8 Å². The van der Waals surface area contributed by atoms with E-state index in [1.165, 1.54) is 4.90 Å². The molecule has 1 fully saturated rings. The van der Waals surface area contributed by atoms with Crippen LogP contribution in [0.5, 0.6) is 11.5 Å². The number of carboxylic acids is 1. The average molecular weight is 611 g/mol. The van der Waals surface area contributed by atoms with Gasteiger partial charge in [-0.15, -0.1) is 0 Å². The predicted octanol–water partition coefficient (Wildman–Crippen LogP) is 2.67. The Labute approximate surface area is 257 Å². The summed E-state index contributed by atoms with van der Waals surface area (Å²) in [6.45, 7) is 6.21. The minimum absolute atomic E-state index is 0.0326. The number of carbonyl (C=O) groups excluding carboxylic acids is 4. The molecular formula is C32H42N4O8. The number of hydrogen-bond acceptors (Lipinski definition) is 7. The number of primary amides is 1. The van der Waals surface area contributed by atoms with Crippen molar-refractivity contribution in [2.45, 2.75) is 65.0 Å². The monoisotopic (exact) mass is 610 g/mol. The van der Waals surface area contributed by atoms with Crippen LogP contribution in [0.4, 0.5) is 4.79 Å². The molecule has 2 atom stereocenters. The lowest BCUT2D eigenvalue weighted by molar-refractivity contribution is -0.142. The number of aliphatic carboxylic acids is 1. The van der Waals surface area contributed by atoms with Crippen LogP contribution in [-0.4, -0.2) is 71.6 Å². The van der Waals surface area contributed by atoms with Crippen molar-refractivity contribution in [2.24, 2.45) is 17.6 Å². The predicted molar refractivity (Wildman–Crippen MR) is 162 cm³/mol. The van der Waals surface area contributed by atoms with Crippen molar-refractivity contribution in [3.8, 4) is 11.5 Å². The SMILES string of the molecule is CCc1ccccc1OCC(=O)N[C@@H](CC(C)C)C(=O)N[C@@H](Cc1ccc(OC(=O)N2CCC(C(N)=O)CC2)cc1)C(=O)O. The first-order chi connectivity index (χ1) is 21.0. The quantitative estimate of drug-likeness (QED) is 0.252. The number of nitrogens with one attached hydrogen (secondary N) is 2. The smallest absolute Gasteiger partial charge is 0.415 e. The molecule has 238 valence electrons. The van der Waals surface area contributed by atoms with E-state index in [1.54, 1.807) is 30.3 Å². The van der Waals surface area contributed by atoms with Gasteiger partial charge in [-0.2, -0.15) is 0 Å². The fourth-order valence-electron chi connectivity index (χ4n) is 4.93. The van der Waals surface area contributed by atoms with Gasteiger partial charge in [0.05, 0.1) is 0 Å². The van der Waals surface area contributed by atoms with Gasteiger partial charge in [-0.25, -0.2) is 9.59 Å². The molecule has 0 radical (unpaired) electrons. The summed E-state index contributed by atoms with van der Waals surface area (Å²) in [4.78, 5) is 63.2. The number of nitrogens with two attached hydrogens (primary N) is 1. The van der Waals surface area contributed by atoms with Crippen LogP contribution < -0.4 is 25.8 Å². The molecule has 0 unspecified atom stereocenters. The van der Waals surface area contributed by atoms with Crippen molar-refractivity contribution in [3.05, 3.63) is 59.7 Å². The molecule has 0 saturated carbocycles. The van der Waals surface area contributed by atoms with Crippen LogP contribution in [0.3, 0.4) is 0 Å². The van der Waals surface area contributed by atoms with Crippen LogP contribution in [0.15, 0.2) is 48.5 Å². The van der Waals surface area contributed by atoms with E-state index in [9.17, 15) is 29.1 Å². The van der Waals surface area contributed by atoms with Gasteiger partial charge in [-0.05, 0) is 60.9 Å². The maximum atomic E-state index is 13.2. The number of amides is 4. The number of rotatable bonds is 14. The molecule has 1 heterocycles. The first-order valence-electron chi connectivity index (χ1n) is 14.8.